The number of likely N-dealkylation sites (tertiary alicyclic amines) is 1. The maximum atomic E-state index is 6.26. The van der Waals surface area contributed by atoms with Gasteiger partial charge in [0, 0.05) is 44.8 Å². The van der Waals surface area contributed by atoms with Gasteiger partial charge in [-0.1, -0.05) is 6.92 Å². The van der Waals surface area contributed by atoms with E-state index < -0.39 is 0 Å². The highest BCUT2D eigenvalue weighted by Crippen LogP contribution is 2.15. The van der Waals surface area contributed by atoms with E-state index in [1.54, 1.807) is 0 Å². The Morgan fingerprint density at radius 2 is 1.81 bits per heavy atom. The van der Waals surface area contributed by atoms with Crippen LogP contribution in [-0.2, 0) is 0 Å². The van der Waals surface area contributed by atoms with E-state index in [9.17, 15) is 0 Å². The van der Waals surface area contributed by atoms with E-state index in [0.717, 1.165) is 19.5 Å². The second-order valence-corrected chi connectivity index (χ2v) is 5.25. The lowest BCUT2D eigenvalue weighted by atomic mass is 9.98. The Kier molecular flexibility index (Phi) is 4.19. The van der Waals surface area contributed by atoms with Gasteiger partial charge in [0.25, 0.3) is 0 Å². The van der Waals surface area contributed by atoms with Gasteiger partial charge in [0.05, 0.1) is 0 Å². The van der Waals surface area contributed by atoms with Gasteiger partial charge in [0.2, 0.25) is 0 Å². The van der Waals surface area contributed by atoms with E-state index in [2.05, 4.69) is 28.7 Å². The van der Waals surface area contributed by atoms with Crippen molar-refractivity contribution in [1.29, 1.82) is 0 Å². The molecule has 0 aliphatic carbocycles. The van der Waals surface area contributed by atoms with Crippen molar-refractivity contribution in [1.82, 2.24) is 14.7 Å². The molecule has 2 N–H and O–H groups in total. The van der Waals surface area contributed by atoms with E-state index in [1.807, 2.05) is 0 Å². The monoisotopic (exact) mass is 226 g/mol. The number of hydrogen-bond donors (Lipinski definition) is 1. The Morgan fingerprint density at radius 1 is 1.12 bits per heavy atom. The lowest BCUT2D eigenvalue weighted by Gasteiger charge is -2.45. The first-order valence-electron chi connectivity index (χ1n) is 6.61. The number of likely N-dealkylation sites (N-methyl/N-ethyl adjacent to an activating group) is 2. The summed E-state index contributed by atoms with van der Waals surface area (Å²) in [6.07, 6.45) is 1.15. The van der Waals surface area contributed by atoms with Crippen LogP contribution >= 0.6 is 0 Å². The van der Waals surface area contributed by atoms with Crippen molar-refractivity contribution in [3.63, 3.8) is 0 Å². The molecule has 94 valence electrons. The zero-order valence-electron chi connectivity index (χ0n) is 10.7. The molecule has 4 heteroatoms. The third kappa shape index (κ3) is 2.74. The van der Waals surface area contributed by atoms with E-state index >= 15 is 0 Å². The molecule has 2 saturated heterocycles. The van der Waals surface area contributed by atoms with Gasteiger partial charge in [-0.2, -0.15) is 0 Å². The molecule has 0 amide bonds. The number of piperidine rings is 1. The van der Waals surface area contributed by atoms with Crippen LogP contribution in [-0.4, -0.2) is 79.6 Å². The van der Waals surface area contributed by atoms with Gasteiger partial charge in [-0.05, 0) is 26.6 Å². The van der Waals surface area contributed by atoms with E-state index in [4.69, 9.17) is 5.73 Å². The molecule has 2 rings (SSSR count). The molecule has 0 aromatic carbocycles. The molecule has 4 nitrogen and oxygen atoms in total. The number of nitrogens with zero attached hydrogens (tertiary/aromatic N) is 3. The van der Waals surface area contributed by atoms with Gasteiger partial charge in [-0.25, -0.2) is 0 Å². The van der Waals surface area contributed by atoms with Crippen molar-refractivity contribution in [2.45, 2.75) is 25.4 Å². The second-order valence-electron chi connectivity index (χ2n) is 5.25. The Bertz CT molecular complexity index is 213. The molecular weight excluding hydrogens is 200 g/mol. The molecule has 0 spiro atoms. The second kappa shape index (κ2) is 5.45. The smallest absolute Gasteiger partial charge is 0.0375 e. The van der Waals surface area contributed by atoms with Crippen LogP contribution in [0.5, 0.6) is 0 Å². The van der Waals surface area contributed by atoms with E-state index in [1.165, 1.54) is 32.7 Å². The van der Waals surface area contributed by atoms with Crippen LogP contribution in [0.15, 0.2) is 0 Å². The fourth-order valence-corrected chi connectivity index (χ4v) is 2.91. The van der Waals surface area contributed by atoms with Crippen molar-refractivity contribution in [3.8, 4) is 0 Å². The number of nitrogens with two attached hydrogens (primary N) is 1. The molecule has 2 unspecified atom stereocenters. The predicted molar refractivity (Wildman–Crippen MR) is 67.6 cm³/mol. The minimum absolute atomic E-state index is 0.379. The Hall–Kier alpha value is -0.160. The van der Waals surface area contributed by atoms with Gasteiger partial charge in [-0.3, -0.25) is 4.90 Å². The normalized spacial score (nSPS) is 35.4. The Balaban J connectivity index is 1.87. The van der Waals surface area contributed by atoms with E-state index in [-0.39, 0.29) is 0 Å². The Labute approximate surface area is 99.4 Å². The molecule has 2 aliphatic heterocycles. The number of rotatable bonds is 2. The fourth-order valence-electron chi connectivity index (χ4n) is 2.91. The minimum atomic E-state index is 0.379. The standard InChI is InChI=1S/C12H26N4/c1-3-15-6-8-16(9-7-15)12-10-14(2)5-4-11(12)13/h11-12H,3-10,13H2,1-2H3. The molecule has 0 bridgehead atoms. The largest absolute Gasteiger partial charge is 0.326 e. The van der Waals surface area contributed by atoms with Crippen molar-refractivity contribution in [2.75, 3.05) is 52.9 Å². The summed E-state index contributed by atoms with van der Waals surface area (Å²) in [5.74, 6) is 0. The third-order valence-corrected chi connectivity index (χ3v) is 4.16. The zero-order chi connectivity index (χ0) is 11.5. The first-order chi connectivity index (χ1) is 7.70. The number of piperazine rings is 1. The molecular formula is C12H26N4. The summed E-state index contributed by atoms with van der Waals surface area (Å²) in [6.45, 7) is 10.5. The molecule has 2 heterocycles. The quantitative estimate of drug-likeness (QED) is 0.698. The van der Waals surface area contributed by atoms with Crippen LogP contribution in [0.3, 0.4) is 0 Å². The maximum absolute atomic E-state index is 6.26. The summed E-state index contributed by atoms with van der Waals surface area (Å²) in [7, 11) is 2.21. The average molecular weight is 226 g/mol. The zero-order valence-corrected chi connectivity index (χ0v) is 10.7. The molecule has 2 fully saturated rings. The number of hydrogen-bond acceptors (Lipinski definition) is 4. The highest BCUT2D eigenvalue weighted by atomic mass is 15.3. The van der Waals surface area contributed by atoms with Gasteiger partial charge in [0.15, 0.2) is 0 Å². The molecule has 0 saturated carbocycles. The minimum Gasteiger partial charge on any atom is -0.326 e. The van der Waals surface area contributed by atoms with Crippen molar-refractivity contribution in [2.24, 2.45) is 5.73 Å². The topological polar surface area (TPSA) is 35.7 Å². The lowest BCUT2D eigenvalue weighted by Crippen LogP contribution is -2.61. The van der Waals surface area contributed by atoms with Gasteiger partial charge < -0.3 is 15.5 Å². The van der Waals surface area contributed by atoms with Crippen LogP contribution in [0, 0.1) is 0 Å². The average Bonchev–Trinajstić information content (AvgIpc) is 2.32. The van der Waals surface area contributed by atoms with Crippen LogP contribution in [0.2, 0.25) is 0 Å². The van der Waals surface area contributed by atoms with Crippen LogP contribution < -0.4 is 5.73 Å². The SMILES string of the molecule is CCN1CCN(C2CN(C)CCC2N)CC1. The third-order valence-electron chi connectivity index (χ3n) is 4.16. The predicted octanol–water partition coefficient (Wildman–Crippen LogP) is -0.345. The summed E-state index contributed by atoms with van der Waals surface area (Å²) in [4.78, 5) is 7.54. The summed E-state index contributed by atoms with van der Waals surface area (Å²) >= 11 is 0. The summed E-state index contributed by atoms with van der Waals surface area (Å²) in [6, 6.07) is 0.960. The molecule has 0 radical (unpaired) electrons. The first kappa shape index (κ1) is 12.3. The molecule has 2 atom stereocenters. The Morgan fingerprint density at radius 3 is 2.44 bits per heavy atom. The highest BCUT2D eigenvalue weighted by Gasteiger charge is 2.31. The molecule has 0 aromatic heterocycles. The van der Waals surface area contributed by atoms with Crippen LogP contribution in [0.25, 0.3) is 0 Å². The van der Waals surface area contributed by atoms with Gasteiger partial charge in [-0.15, -0.1) is 0 Å². The highest BCUT2D eigenvalue weighted by molar-refractivity contribution is 4.90. The van der Waals surface area contributed by atoms with Crippen molar-refractivity contribution in [3.05, 3.63) is 0 Å². The molecule has 16 heavy (non-hydrogen) atoms. The fraction of sp³-hybridized carbons (Fsp3) is 1.00. The van der Waals surface area contributed by atoms with Crippen LogP contribution in [0.4, 0.5) is 0 Å². The first-order valence-corrected chi connectivity index (χ1v) is 6.61. The van der Waals surface area contributed by atoms with Gasteiger partial charge >= 0.3 is 0 Å². The molecule has 2 aliphatic rings. The lowest BCUT2D eigenvalue weighted by molar-refractivity contribution is 0.0505. The van der Waals surface area contributed by atoms with Crippen molar-refractivity contribution >= 4 is 0 Å². The van der Waals surface area contributed by atoms with Crippen LogP contribution in [0.1, 0.15) is 13.3 Å². The molecule has 0 aromatic rings. The summed E-state index contributed by atoms with van der Waals surface area (Å²) in [5, 5.41) is 0. The maximum Gasteiger partial charge on any atom is 0.0375 e. The van der Waals surface area contributed by atoms with E-state index in [0.29, 0.717) is 12.1 Å². The summed E-state index contributed by atoms with van der Waals surface area (Å²) < 4.78 is 0. The van der Waals surface area contributed by atoms with Crippen molar-refractivity contribution < 1.29 is 0 Å². The summed E-state index contributed by atoms with van der Waals surface area (Å²) in [5.41, 5.74) is 6.26. The van der Waals surface area contributed by atoms with Gasteiger partial charge in [0.1, 0.15) is 0 Å².